The number of benzene rings is 1. The third kappa shape index (κ3) is 3.44. The molecule has 1 heterocycles. The Labute approximate surface area is 112 Å². The highest BCUT2D eigenvalue weighted by Gasteiger charge is 2.05. The van der Waals surface area contributed by atoms with Gasteiger partial charge < -0.3 is 10.1 Å². The third-order valence-corrected chi connectivity index (χ3v) is 2.83. The molecule has 1 N–H and O–H groups in total. The van der Waals surface area contributed by atoms with E-state index in [-0.39, 0.29) is 5.82 Å². The van der Waals surface area contributed by atoms with Gasteiger partial charge in [0.05, 0.1) is 12.3 Å². The zero-order valence-electron chi connectivity index (χ0n) is 11.1. The summed E-state index contributed by atoms with van der Waals surface area (Å²) in [5.41, 5.74) is 2.79. The molecular formula is C15H17FN2O. The van der Waals surface area contributed by atoms with Gasteiger partial charge in [-0.1, -0.05) is 6.07 Å². The second-order valence-electron chi connectivity index (χ2n) is 4.21. The lowest BCUT2D eigenvalue weighted by Crippen LogP contribution is -2.05. The Morgan fingerprint density at radius 1 is 1.32 bits per heavy atom. The van der Waals surface area contributed by atoms with Crippen molar-refractivity contribution in [2.45, 2.75) is 20.4 Å². The lowest BCUT2D eigenvalue weighted by Gasteiger charge is -2.12. The lowest BCUT2D eigenvalue weighted by atomic mass is 10.1. The van der Waals surface area contributed by atoms with Crippen LogP contribution in [0, 0.1) is 12.7 Å². The maximum absolute atomic E-state index is 13.2. The van der Waals surface area contributed by atoms with Gasteiger partial charge in [0.2, 0.25) is 5.88 Å². The van der Waals surface area contributed by atoms with Gasteiger partial charge in [-0.05, 0) is 49.2 Å². The van der Waals surface area contributed by atoms with Gasteiger partial charge in [-0.25, -0.2) is 9.37 Å². The van der Waals surface area contributed by atoms with Crippen LogP contribution in [0.2, 0.25) is 0 Å². The Morgan fingerprint density at radius 2 is 2.16 bits per heavy atom. The smallest absolute Gasteiger partial charge is 0.237 e. The molecule has 3 nitrogen and oxygen atoms in total. The predicted molar refractivity (Wildman–Crippen MR) is 73.9 cm³/mol. The number of anilines is 1. The van der Waals surface area contributed by atoms with E-state index >= 15 is 0 Å². The summed E-state index contributed by atoms with van der Waals surface area (Å²) in [6.45, 7) is 4.97. The van der Waals surface area contributed by atoms with Crippen LogP contribution in [0.15, 0.2) is 36.5 Å². The van der Waals surface area contributed by atoms with E-state index in [4.69, 9.17) is 4.74 Å². The van der Waals surface area contributed by atoms with Crippen molar-refractivity contribution >= 4 is 5.69 Å². The summed E-state index contributed by atoms with van der Waals surface area (Å²) in [4.78, 5) is 4.16. The van der Waals surface area contributed by atoms with Gasteiger partial charge in [0.15, 0.2) is 0 Å². The van der Waals surface area contributed by atoms with Crippen molar-refractivity contribution in [3.05, 3.63) is 53.5 Å². The first-order chi connectivity index (χ1) is 9.20. The number of ether oxygens (including phenoxy) is 1. The van der Waals surface area contributed by atoms with Crippen molar-refractivity contribution in [1.29, 1.82) is 0 Å². The number of hydrogen-bond donors (Lipinski definition) is 1. The highest BCUT2D eigenvalue weighted by Crippen LogP contribution is 2.22. The number of hydrogen-bond acceptors (Lipinski definition) is 3. The molecule has 100 valence electrons. The predicted octanol–water partition coefficient (Wildman–Crippen LogP) is 3.54. The van der Waals surface area contributed by atoms with Crippen molar-refractivity contribution in [1.82, 2.24) is 4.98 Å². The van der Waals surface area contributed by atoms with Crippen molar-refractivity contribution in [3.63, 3.8) is 0 Å². The van der Waals surface area contributed by atoms with Crippen LogP contribution in [0.3, 0.4) is 0 Å². The molecule has 0 saturated carbocycles. The highest BCUT2D eigenvalue weighted by atomic mass is 19.1. The number of aryl methyl sites for hydroxylation is 1. The average Bonchev–Trinajstić information content (AvgIpc) is 2.42. The Balaban J connectivity index is 2.12. The topological polar surface area (TPSA) is 34.1 Å². The summed E-state index contributed by atoms with van der Waals surface area (Å²) in [5, 5.41) is 3.23. The Bertz CT molecular complexity index is 558. The standard InChI is InChI=1S/C15H17FN2O/c1-3-19-15-14(5-4-8-17-15)18-10-12-9-13(16)7-6-11(12)2/h4-9,18H,3,10H2,1-2H3. The van der Waals surface area contributed by atoms with Crippen molar-refractivity contribution in [3.8, 4) is 5.88 Å². The molecule has 0 saturated heterocycles. The van der Waals surface area contributed by atoms with Crippen LogP contribution in [0.5, 0.6) is 5.88 Å². The van der Waals surface area contributed by atoms with Crippen LogP contribution < -0.4 is 10.1 Å². The first kappa shape index (κ1) is 13.3. The molecule has 1 aromatic heterocycles. The van der Waals surface area contributed by atoms with E-state index in [0.29, 0.717) is 19.0 Å². The Hall–Kier alpha value is -2.10. The molecule has 0 amide bonds. The quantitative estimate of drug-likeness (QED) is 0.892. The monoisotopic (exact) mass is 260 g/mol. The molecule has 1 aromatic carbocycles. The maximum Gasteiger partial charge on any atom is 0.237 e. The van der Waals surface area contributed by atoms with Gasteiger partial charge in [-0.15, -0.1) is 0 Å². The fraction of sp³-hybridized carbons (Fsp3) is 0.267. The van der Waals surface area contributed by atoms with Gasteiger partial charge in [0.25, 0.3) is 0 Å². The second kappa shape index (κ2) is 6.18. The number of pyridine rings is 1. The van der Waals surface area contributed by atoms with Crippen LogP contribution >= 0.6 is 0 Å². The molecule has 19 heavy (non-hydrogen) atoms. The van der Waals surface area contributed by atoms with E-state index in [2.05, 4.69) is 10.3 Å². The fourth-order valence-electron chi connectivity index (χ4n) is 1.80. The molecule has 2 rings (SSSR count). The summed E-state index contributed by atoms with van der Waals surface area (Å²) >= 11 is 0. The van der Waals surface area contributed by atoms with Crippen LogP contribution in [0.1, 0.15) is 18.1 Å². The fourth-order valence-corrected chi connectivity index (χ4v) is 1.80. The third-order valence-electron chi connectivity index (χ3n) is 2.83. The first-order valence-corrected chi connectivity index (χ1v) is 6.27. The van der Waals surface area contributed by atoms with Crippen molar-refractivity contribution in [2.24, 2.45) is 0 Å². The van der Waals surface area contributed by atoms with Crippen molar-refractivity contribution in [2.75, 3.05) is 11.9 Å². The second-order valence-corrected chi connectivity index (χ2v) is 4.21. The molecule has 0 aliphatic carbocycles. The van der Waals surface area contributed by atoms with E-state index < -0.39 is 0 Å². The molecule has 0 bridgehead atoms. The minimum atomic E-state index is -0.224. The summed E-state index contributed by atoms with van der Waals surface area (Å²) in [5.74, 6) is 0.345. The normalized spacial score (nSPS) is 10.3. The largest absolute Gasteiger partial charge is 0.476 e. The van der Waals surface area contributed by atoms with Crippen LogP contribution in [-0.2, 0) is 6.54 Å². The molecular weight excluding hydrogens is 243 g/mol. The summed E-state index contributed by atoms with van der Waals surface area (Å²) in [7, 11) is 0. The van der Waals surface area contributed by atoms with Gasteiger partial charge in [0.1, 0.15) is 5.82 Å². The molecule has 0 fully saturated rings. The summed E-state index contributed by atoms with van der Waals surface area (Å²) < 4.78 is 18.6. The van der Waals surface area contributed by atoms with E-state index in [0.717, 1.165) is 16.8 Å². The van der Waals surface area contributed by atoms with E-state index in [1.165, 1.54) is 6.07 Å². The number of halogens is 1. The summed E-state index contributed by atoms with van der Waals surface area (Å²) in [6, 6.07) is 8.52. The Morgan fingerprint density at radius 3 is 2.95 bits per heavy atom. The minimum absolute atomic E-state index is 0.224. The van der Waals surface area contributed by atoms with Crippen molar-refractivity contribution < 1.29 is 9.13 Å². The lowest BCUT2D eigenvalue weighted by molar-refractivity contribution is 0.328. The zero-order chi connectivity index (χ0) is 13.7. The van der Waals surface area contributed by atoms with Gasteiger partial charge in [-0.2, -0.15) is 0 Å². The molecule has 0 radical (unpaired) electrons. The van der Waals surface area contributed by atoms with Crippen LogP contribution in [0.25, 0.3) is 0 Å². The number of aromatic nitrogens is 1. The van der Waals surface area contributed by atoms with Gasteiger partial charge in [0, 0.05) is 12.7 Å². The summed E-state index contributed by atoms with van der Waals surface area (Å²) in [6.07, 6.45) is 1.68. The van der Waals surface area contributed by atoms with Gasteiger partial charge in [-0.3, -0.25) is 0 Å². The number of nitrogens with zero attached hydrogens (tertiary/aromatic N) is 1. The molecule has 0 aliphatic heterocycles. The molecule has 0 spiro atoms. The van der Waals surface area contributed by atoms with Crippen LogP contribution in [-0.4, -0.2) is 11.6 Å². The van der Waals surface area contributed by atoms with Crippen LogP contribution in [0.4, 0.5) is 10.1 Å². The van der Waals surface area contributed by atoms with E-state index in [1.54, 1.807) is 18.3 Å². The van der Waals surface area contributed by atoms with Gasteiger partial charge >= 0.3 is 0 Å². The van der Waals surface area contributed by atoms with E-state index in [9.17, 15) is 4.39 Å². The molecule has 0 atom stereocenters. The maximum atomic E-state index is 13.2. The zero-order valence-corrected chi connectivity index (χ0v) is 11.1. The number of nitrogens with one attached hydrogen (secondary N) is 1. The average molecular weight is 260 g/mol. The highest BCUT2D eigenvalue weighted by molar-refractivity contribution is 5.52. The number of rotatable bonds is 5. The molecule has 0 aliphatic rings. The Kier molecular flexibility index (Phi) is 4.34. The molecule has 2 aromatic rings. The molecule has 4 heteroatoms. The molecule has 0 unspecified atom stereocenters. The minimum Gasteiger partial charge on any atom is -0.476 e. The first-order valence-electron chi connectivity index (χ1n) is 6.27. The van der Waals surface area contributed by atoms with E-state index in [1.807, 2.05) is 26.0 Å². The SMILES string of the molecule is CCOc1ncccc1NCc1cc(F)ccc1C.